The molecule has 4 aromatic carbocycles. The monoisotopic (exact) mass is 1000 g/mol. The number of benzene rings is 4. The van der Waals surface area contributed by atoms with Crippen LogP contribution < -0.4 is 25.8 Å². The zero-order chi connectivity index (χ0) is 47.4. The number of nitrogens with one attached hydrogen (secondary N) is 4. The summed E-state index contributed by atoms with van der Waals surface area (Å²) in [4.78, 5) is 29.5. The van der Waals surface area contributed by atoms with Gasteiger partial charge in [-0.3, -0.25) is 10.1 Å². The Labute approximate surface area is 398 Å². The second kappa shape index (κ2) is 19.5. The van der Waals surface area contributed by atoms with Gasteiger partial charge in [-0.1, -0.05) is 12.1 Å². The molecule has 0 atom stereocenters. The van der Waals surface area contributed by atoms with Crippen molar-refractivity contribution in [3.63, 3.8) is 0 Å². The molecule has 4 heterocycles. The third-order valence-corrected chi connectivity index (χ3v) is 15.9. The fourth-order valence-electron chi connectivity index (χ4n) is 6.20. The van der Waals surface area contributed by atoms with Crippen LogP contribution in [0.1, 0.15) is 41.5 Å². The van der Waals surface area contributed by atoms with Crippen LogP contribution in [-0.2, 0) is 20.0 Å². The Hall–Kier alpha value is -5.98. The maximum absolute atomic E-state index is 13.3. The van der Waals surface area contributed by atoms with Gasteiger partial charge in [-0.2, -0.15) is 0 Å². The van der Waals surface area contributed by atoms with Crippen LogP contribution in [0.15, 0.2) is 130 Å². The van der Waals surface area contributed by atoms with Crippen molar-refractivity contribution in [1.29, 1.82) is 0 Å². The maximum atomic E-state index is 13.3. The van der Waals surface area contributed by atoms with Gasteiger partial charge in [0.05, 0.1) is 24.5 Å². The van der Waals surface area contributed by atoms with Gasteiger partial charge >= 0.3 is 0 Å². The first-order valence-corrected chi connectivity index (χ1v) is 26.2. The number of aromatic nitrogens is 4. The van der Waals surface area contributed by atoms with E-state index in [1.165, 1.54) is 57.5 Å². The predicted octanol–water partition coefficient (Wildman–Crippen LogP) is 11.0. The van der Waals surface area contributed by atoms with E-state index in [2.05, 4.69) is 40.0 Å². The smallest absolute Gasteiger partial charge is 0.269 e. The van der Waals surface area contributed by atoms with E-state index < -0.39 is 36.0 Å². The van der Waals surface area contributed by atoms with E-state index in [1.54, 1.807) is 88.0 Å². The van der Waals surface area contributed by atoms with E-state index in [9.17, 15) is 26.9 Å². The number of nitro benzene ring substituents is 1. The molecule has 0 radical (unpaired) electrons. The number of hydrogen-bond acceptors (Lipinski definition) is 17. The first-order valence-electron chi connectivity index (χ1n) is 19.8. The molecule has 0 aliphatic heterocycles. The molecule has 0 aliphatic rings. The minimum Gasteiger partial charge on any atom is -0.399 e. The van der Waals surface area contributed by atoms with Crippen molar-refractivity contribution < 1.29 is 21.8 Å². The molecule has 66 heavy (non-hydrogen) atoms. The Morgan fingerprint density at radius 3 is 1.36 bits per heavy atom. The highest BCUT2D eigenvalue weighted by Crippen LogP contribution is 2.40. The summed E-state index contributed by atoms with van der Waals surface area (Å²) < 4.78 is 58.8. The number of anilines is 5. The fraction of sp³-hybridized carbons (Fsp3) is 0.182. The lowest BCUT2D eigenvalue weighted by atomic mass is 10.1. The number of thiazole rings is 4. The SMILES string of the molecule is CC(C)(C)NS(=O)(=O)c1cc(Nc2nccs2)ccc1-c1cnc(-c2ccc(N)cc2)s1.CC(C)(C)NS(=O)(=O)c1cc(Nc2nccs2)ccc1-c1cnc(-c2ccc([N+](=O)[O-])cc2)s1. The minimum atomic E-state index is -3.87. The van der Waals surface area contributed by atoms with Crippen LogP contribution in [0, 0.1) is 10.1 Å². The largest absolute Gasteiger partial charge is 0.399 e. The van der Waals surface area contributed by atoms with Crippen molar-refractivity contribution in [1.82, 2.24) is 29.4 Å². The summed E-state index contributed by atoms with van der Waals surface area (Å²) in [6, 6.07) is 23.9. The Morgan fingerprint density at radius 1 is 0.591 bits per heavy atom. The van der Waals surface area contributed by atoms with Gasteiger partial charge in [-0.15, -0.1) is 45.3 Å². The first kappa shape index (κ1) is 48.0. The quantitative estimate of drug-likeness (QED) is 0.0411. The highest BCUT2D eigenvalue weighted by atomic mass is 32.2. The lowest BCUT2D eigenvalue weighted by Gasteiger charge is -2.22. The average Bonchev–Trinajstić information content (AvgIpc) is 4.10. The van der Waals surface area contributed by atoms with E-state index in [-0.39, 0.29) is 15.5 Å². The highest BCUT2D eigenvalue weighted by Gasteiger charge is 2.28. The molecular formula is C44H44N10O6S6. The maximum Gasteiger partial charge on any atom is 0.269 e. The van der Waals surface area contributed by atoms with Gasteiger partial charge in [0.15, 0.2) is 10.3 Å². The third kappa shape index (κ3) is 12.3. The molecule has 0 unspecified atom stereocenters. The summed E-state index contributed by atoms with van der Waals surface area (Å²) >= 11 is 5.59. The number of hydrogen-bond donors (Lipinski definition) is 5. The fourth-order valence-corrected chi connectivity index (χ4v) is 12.7. The second-order valence-corrected chi connectivity index (χ2v) is 23.7. The number of sulfonamides is 2. The van der Waals surface area contributed by atoms with Crippen LogP contribution in [0.3, 0.4) is 0 Å². The predicted molar refractivity (Wildman–Crippen MR) is 268 cm³/mol. The Kier molecular flexibility index (Phi) is 14.1. The van der Waals surface area contributed by atoms with E-state index in [0.717, 1.165) is 15.4 Å². The van der Waals surface area contributed by atoms with Crippen LogP contribution in [0.5, 0.6) is 0 Å². The van der Waals surface area contributed by atoms with Gasteiger partial charge in [0, 0.05) is 98.1 Å². The molecule has 0 saturated heterocycles. The molecule has 22 heteroatoms. The molecule has 0 amide bonds. The van der Waals surface area contributed by atoms with E-state index in [0.29, 0.717) is 53.9 Å². The van der Waals surface area contributed by atoms with E-state index in [1.807, 2.05) is 61.9 Å². The lowest BCUT2D eigenvalue weighted by Crippen LogP contribution is -2.40. The number of nitrogen functional groups attached to an aromatic ring is 1. The molecule has 0 bridgehead atoms. The number of nitrogens with zero attached hydrogens (tertiary/aromatic N) is 5. The molecule has 4 aromatic heterocycles. The van der Waals surface area contributed by atoms with Gasteiger partial charge < -0.3 is 16.4 Å². The van der Waals surface area contributed by atoms with Crippen LogP contribution in [0.4, 0.5) is 33.0 Å². The normalized spacial score (nSPS) is 12.0. The number of nitrogens with two attached hydrogens (primary N) is 1. The summed E-state index contributed by atoms with van der Waals surface area (Å²) in [5, 5.41) is 23.6. The van der Waals surface area contributed by atoms with Gasteiger partial charge in [-0.05, 0) is 102 Å². The zero-order valence-electron chi connectivity index (χ0n) is 36.3. The summed E-state index contributed by atoms with van der Waals surface area (Å²) in [7, 11) is -7.68. The van der Waals surface area contributed by atoms with Crippen molar-refractivity contribution in [2.24, 2.45) is 0 Å². The first-order chi connectivity index (χ1) is 31.1. The van der Waals surface area contributed by atoms with Gasteiger partial charge in [-0.25, -0.2) is 46.2 Å². The van der Waals surface area contributed by atoms with Crippen LogP contribution in [-0.4, -0.2) is 52.8 Å². The van der Waals surface area contributed by atoms with Gasteiger partial charge in [0.25, 0.3) is 5.69 Å². The summed E-state index contributed by atoms with van der Waals surface area (Å²) in [6.07, 6.45) is 6.67. The second-order valence-electron chi connectivity index (χ2n) is 16.5. The van der Waals surface area contributed by atoms with E-state index >= 15 is 0 Å². The minimum absolute atomic E-state index is 0.00881. The van der Waals surface area contributed by atoms with Crippen molar-refractivity contribution in [3.8, 4) is 42.0 Å². The van der Waals surface area contributed by atoms with Gasteiger partial charge in [0.1, 0.15) is 10.0 Å². The third-order valence-electron chi connectivity index (χ3n) is 8.82. The molecule has 6 N–H and O–H groups in total. The lowest BCUT2D eigenvalue weighted by molar-refractivity contribution is -0.384. The van der Waals surface area contributed by atoms with Crippen LogP contribution >= 0.6 is 45.3 Å². The number of rotatable bonds is 13. The highest BCUT2D eigenvalue weighted by molar-refractivity contribution is 7.90. The molecule has 0 fully saturated rings. The van der Waals surface area contributed by atoms with E-state index in [4.69, 9.17) is 5.73 Å². The molecule has 0 spiro atoms. The Balaban J connectivity index is 0.000000197. The molecule has 0 saturated carbocycles. The number of nitro groups is 1. The summed E-state index contributed by atoms with van der Waals surface area (Å²) in [5.41, 5.74) is 9.11. The topological polar surface area (TPSA) is 237 Å². The Morgan fingerprint density at radius 2 is 1.00 bits per heavy atom. The molecule has 8 aromatic rings. The molecule has 0 aliphatic carbocycles. The van der Waals surface area contributed by atoms with Gasteiger partial charge in [0.2, 0.25) is 20.0 Å². The van der Waals surface area contributed by atoms with Crippen molar-refractivity contribution in [3.05, 3.63) is 131 Å². The van der Waals surface area contributed by atoms with Crippen LogP contribution in [0.2, 0.25) is 0 Å². The molecule has 342 valence electrons. The molecule has 16 nitrogen and oxygen atoms in total. The van der Waals surface area contributed by atoms with Crippen molar-refractivity contribution in [2.75, 3.05) is 16.4 Å². The Bertz CT molecular complexity index is 3180. The molecule has 8 rings (SSSR count). The van der Waals surface area contributed by atoms with Crippen LogP contribution in [0.25, 0.3) is 42.0 Å². The average molecular weight is 1000 g/mol. The summed E-state index contributed by atoms with van der Waals surface area (Å²) in [5.74, 6) is 0. The standard InChI is InChI=1S/C22H21N5O4S3.C22H23N5O2S3/c1-22(2,3)26-34(30,31)19-12-15(25-21-23-10-11-32-21)6-9-17(19)18-13-24-20(33-18)14-4-7-16(8-5-14)27(28)29;1-22(2,3)27-32(28,29)19-12-16(26-21-24-10-11-30-21)8-9-17(19)18-13-25-20(31-18)14-4-6-15(23)7-5-14/h4-13,26H,1-3H3,(H,23,25);4-13,27H,23H2,1-3H3,(H,24,26). The van der Waals surface area contributed by atoms with Crippen molar-refractivity contribution in [2.45, 2.75) is 62.4 Å². The van der Waals surface area contributed by atoms with Crippen molar-refractivity contribution >= 4 is 98.4 Å². The number of non-ortho nitro benzene ring substituents is 1. The zero-order valence-corrected chi connectivity index (χ0v) is 41.2. The molecular weight excluding hydrogens is 957 g/mol. The summed E-state index contributed by atoms with van der Waals surface area (Å²) in [6.45, 7) is 10.8.